The van der Waals surface area contributed by atoms with E-state index in [1.807, 2.05) is 6.07 Å². The summed E-state index contributed by atoms with van der Waals surface area (Å²) in [6.07, 6.45) is 0. The lowest BCUT2D eigenvalue weighted by atomic mass is 9.98. The molecule has 0 aliphatic carbocycles. The Bertz CT molecular complexity index is 479. The first-order valence-electron chi connectivity index (χ1n) is 6.67. The Morgan fingerprint density at radius 3 is 2.26 bits per heavy atom. The number of thiophene rings is 1. The summed E-state index contributed by atoms with van der Waals surface area (Å²) in [4.78, 5) is 3.75. The molecule has 3 unspecified atom stereocenters. The van der Waals surface area contributed by atoms with Crippen LogP contribution in [0.3, 0.4) is 0 Å². The molecule has 0 saturated carbocycles. The van der Waals surface area contributed by atoms with Crippen LogP contribution in [0.2, 0.25) is 0 Å². The molecule has 2 N–H and O–H groups in total. The van der Waals surface area contributed by atoms with Crippen LogP contribution in [0.5, 0.6) is 0 Å². The van der Waals surface area contributed by atoms with E-state index in [4.69, 9.17) is 5.73 Å². The molecule has 0 bridgehead atoms. The number of nitrogens with two attached hydrogens (primary N) is 1. The van der Waals surface area contributed by atoms with Gasteiger partial charge in [-0.15, -0.1) is 11.3 Å². The number of nitrogens with zero attached hydrogens (tertiary/aromatic N) is 1. The van der Waals surface area contributed by atoms with Crippen LogP contribution in [0.25, 0.3) is 0 Å². The summed E-state index contributed by atoms with van der Waals surface area (Å²) in [6.45, 7) is 4.32. The minimum Gasteiger partial charge on any atom is -0.326 e. The molecule has 0 aliphatic heterocycles. The highest BCUT2D eigenvalue weighted by Gasteiger charge is 2.25. The second kappa shape index (κ2) is 6.33. The molecule has 102 valence electrons. The molecule has 0 spiro atoms. The molecule has 0 aliphatic rings. The molecule has 1 aromatic carbocycles. The number of benzene rings is 1. The zero-order chi connectivity index (χ0) is 13.8. The van der Waals surface area contributed by atoms with Crippen LogP contribution in [0.15, 0.2) is 47.8 Å². The lowest BCUT2D eigenvalue weighted by molar-refractivity contribution is 0.168. The third-order valence-corrected chi connectivity index (χ3v) is 4.69. The Morgan fingerprint density at radius 1 is 1.05 bits per heavy atom. The van der Waals surface area contributed by atoms with Crippen LogP contribution < -0.4 is 5.73 Å². The van der Waals surface area contributed by atoms with Crippen molar-refractivity contribution in [2.24, 2.45) is 5.73 Å². The quantitative estimate of drug-likeness (QED) is 0.898. The standard InChI is InChI=1S/C16H22N2S/c1-12(17)16(14-8-5-4-6-9-14)18(3)13(2)15-10-7-11-19-15/h4-13,16H,17H2,1-3H3. The van der Waals surface area contributed by atoms with Gasteiger partial charge in [-0.2, -0.15) is 0 Å². The number of likely N-dealkylation sites (N-methyl/N-ethyl adjacent to an activating group) is 1. The molecular weight excluding hydrogens is 252 g/mol. The van der Waals surface area contributed by atoms with E-state index in [0.29, 0.717) is 6.04 Å². The second-order valence-electron chi connectivity index (χ2n) is 5.07. The summed E-state index contributed by atoms with van der Waals surface area (Å²) in [5.41, 5.74) is 7.50. The Kier molecular flexibility index (Phi) is 4.75. The molecular formula is C16H22N2S. The van der Waals surface area contributed by atoms with E-state index in [-0.39, 0.29) is 12.1 Å². The normalized spacial score (nSPS) is 16.3. The number of hydrogen-bond acceptors (Lipinski definition) is 3. The third-order valence-electron chi connectivity index (χ3n) is 3.64. The van der Waals surface area contributed by atoms with E-state index in [1.165, 1.54) is 10.4 Å². The van der Waals surface area contributed by atoms with Crippen molar-refractivity contribution in [3.63, 3.8) is 0 Å². The van der Waals surface area contributed by atoms with Gasteiger partial charge in [-0.25, -0.2) is 0 Å². The van der Waals surface area contributed by atoms with Gasteiger partial charge in [0, 0.05) is 23.0 Å². The summed E-state index contributed by atoms with van der Waals surface area (Å²) >= 11 is 1.80. The first kappa shape index (κ1) is 14.3. The third kappa shape index (κ3) is 3.24. The van der Waals surface area contributed by atoms with E-state index in [1.54, 1.807) is 11.3 Å². The van der Waals surface area contributed by atoms with E-state index in [2.05, 4.69) is 67.6 Å². The Hall–Kier alpha value is -1.16. The summed E-state index contributed by atoms with van der Waals surface area (Å²) < 4.78 is 0. The average Bonchev–Trinajstić information content (AvgIpc) is 2.92. The predicted octanol–water partition coefficient (Wildman–Crippen LogP) is 3.83. The van der Waals surface area contributed by atoms with E-state index >= 15 is 0 Å². The molecule has 1 aromatic heterocycles. The van der Waals surface area contributed by atoms with Crippen molar-refractivity contribution in [1.82, 2.24) is 4.90 Å². The van der Waals surface area contributed by atoms with Gasteiger partial charge in [-0.05, 0) is 37.9 Å². The van der Waals surface area contributed by atoms with E-state index < -0.39 is 0 Å². The van der Waals surface area contributed by atoms with Crippen molar-refractivity contribution in [1.29, 1.82) is 0 Å². The van der Waals surface area contributed by atoms with Crippen molar-refractivity contribution >= 4 is 11.3 Å². The van der Waals surface area contributed by atoms with Gasteiger partial charge >= 0.3 is 0 Å². The topological polar surface area (TPSA) is 29.3 Å². The molecule has 1 heterocycles. The fourth-order valence-corrected chi connectivity index (χ4v) is 3.37. The highest BCUT2D eigenvalue weighted by atomic mass is 32.1. The van der Waals surface area contributed by atoms with Crippen LogP contribution in [0.4, 0.5) is 0 Å². The summed E-state index contributed by atoms with van der Waals surface area (Å²) in [5, 5.41) is 2.13. The van der Waals surface area contributed by atoms with E-state index in [0.717, 1.165) is 0 Å². The molecule has 2 aromatic rings. The van der Waals surface area contributed by atoms with Crippen molar-refractivity contribution in [3.8, 4) is 0 Å². The smallest absolute Gasteiger partial charge is 0.0499 e. The lowest BCUT2D eigenvalue weighted by Gasteiger charge is -2.35. The second-order valence-corrected chi connectivity index (χ2v) is 6.05. The summed E-state index contributed by atoms with van der Waals surface area (Å²) in [6, 6.07) is 15.5. The molecule has 0 amide bonds. The van der Waals surface area contributed by atoms with Crippen LogP contribution in [0.1, 0.15) is 36.4 Å². The fourth-order valence-electron chi connectivity index (χ4n) is 2.53. The van der Waals surface area contributed by atoms with E-state index in [9.17, 15) is 0 Å². The Labute approximate surface area is 119 Å². The highest BCUT2D eigenvalue weighted by molar-refractivity contribution is 7.10. The highest BCUT2D eigenvalue weighted by Crippen LogP contribution is 2.32. The monoisotopic (exact) mass is 274 g/mol. The number of hydrogen-bond donors (Lipinski definition) is 1. The maximum Gasteiger partial charge on any atom is 0.0499 e. The molecule has 3 heteroatoms. The first-order chi connectivity index (χ1) is 9.11. The molecule has 0 radical (unpaired) electrons. The van der Waals surface area contributed by atoms with Crippen LogP contribution >= 0.6 is 11.3 Å². The number of rotatable bonds is 5. The Balaban J connectivity index is 2.25. The van der Waals surface area contributed by atoms with Gasteiger partial charge in [0.1, 0.15) is 0 Å². The summed E-state index contributed by atoms with van der Waals surface area (Å²) in [5.74, 6) is 0. The predicted molar refractivity (Wildman–Crippen MR) is 83.3 cm³/mol. The van der Waals surface area contributed by atoms with Crippen LogP contribution in [-0.4, -0.2) is 18.0 Å². The van der Waals surface area contributed by atoms with Gasteiger partial charge in [0.05, 0.1) is 0 Å². The van der Waals surface area contributed by atoms with Crippen molar-refractivity contribution in [3.05, 3.63) is 58.3 Å². The lowest BCUT2D eigenvalue weighted by Crippen LogP contribution is -2.38. The van der Waals surface area contributed by atoms with Gasteiger partial charge in [0.2, 0.25) is 0 Å². The van der Waals surface area contributed by atoms with Gasteiger partial charge < -0.3 is 5.73 Å². The SMILES string of the molecule is CC(N)C(c1ccccc1)N(C)C(C)c1cccs1. The molecule has 0 saturated heterocycles. The minimum atomic E-state index is 0.0924. The van der Waals surface area contributed by atoms with Gasteiger partial charge in [-0.1, -0.05) is 36.4 Å². The molecule has 2 rings (SSSR count). The summed E-state index contributed by atoms with van der Waals surface area (Å²) in [7, 11) is 2.16. The van der Waals surface area contributed by atoms with Gasteiger partial charge in [0.15, 0.2) is 0 Å². The zero-order valence-electron chi connectivity index (χ0n) is 11.8. The van der Waals surface area contributed by atoms with Crippen molar-refractivity contribution in [2.45, 2.75) is 32.0 Å². The average molecular weight is 274 g/mol. The first-order valence-corrected chi connectivity index (χ1v) is 7.55. The fraction of sp³-hybridized carbons (Fsp3) is 0.375. The van der Waals surface area contributed by atoms with Crippen LogP contribution in [-0.2, 0) is 0 Å². The minimum absolute atomic E-state index is 0.0924. The Morgan fingerprint density at radius 2 is 1.74 bits per heavy atom. The maximum atomic E-state index is 6.22. The molecule has 2 nitrogen and oxygen atoms in total. The van der Waals surface area contributed by atoms with Gasteiger partial charge in [0.25, 0.3) is 0 Å². The molecule has 0 fully saturated rings. The maximum absolute atomic E-state index is 6.22. The molecule has 19 heavy (non-hydrogen) atoms. The van der Waals surface area contributed by atoms with Crippen molar-refractivity contribution < 1.29 is 0 Å². The van der Waals surface area contributed by atoms with Crippen LogP contribution in [0, 0.1) is 0 Å². The largest absolute Gasteiger partial charge is 0.326 e. The zero-order valence-corrected chi connectivity index (χ0v) is 12.6. The van der Waals surface area contributed by atoms with Crippen molar-refractivity contribution in [2.75, 3.05) is 7.05 Å². The van der Waals surface area contributed by atoms with Gasteiger partial charge in [-0.3, -0.25) is 4.90 Å². The molecule has 3 atom stereocenters.